The van der Waals surface area contributed by atoms with Gasteiger partial charge in [0.1, 0.15) is 6.61 Å². The van der Waals surface area contributed by atoms with Crippen LogP contribution in [0.25, 0.3) is 0 Å². The zero-order chi connectivity index (χ0) is 21.2. The molecule has 1 amide bonds. The van der Waals surface area contributed by atoms with Crippen molar-refractivity contribution in [2.24, 2.45) is 0 Å². The fourth-order valence-electron chi connectivity index (χ4n) is 2.58. The first-order chi connectivity index (χ1) is 14.7. The van der Waals surface area contributed by atoms with Crippen molar-refractivity contribution in [2.75, 3.05) is 18.5 Å². The molecule has 0 aliphatic carbocycles. The highest BCUT2D eigenvalue weighted by Gasteiger charge is 2.16. The molecule has 1 N–H and O–H groups in total. The molecule has 3 rings (SSSR count). The van der Waals surface area contributed by atoms with Gasteiger partial charge in [0.15, 0.2) is 23.6 Å². The molecule has 3 aromatic rings. The number of amides is 1. The second-order valence-electron chi connectivity index (χ2n) is 6.11. The highest BCUT2D eigenvalue weighted by molar-refractivity contribution is 6.02. The third kappa shape index (κ3) is 6.06. The molecule has 0 atom stereocenters. The lowest BCUT2D eigenvalue weighted by molar-refractivity contribution is -0.145. The van der Waals surface area contributed by atoms with Crippen molar-refractivity contribution >= 4 is 11.7 Å². The first-order valence-corrected chi connectivity index (χ1v) is 9.61. The Kier molecular flexibility index (Phi) is 7.81. The summed E-state index contributed by atoms with van der Waals surface area (Å²) in [5, 5.41) is 10.6. The van der Waals surface area contributed by atoms with E-state index in [1.54, 1.807) is 30.7 Å². The first kappa shape index (κ1) is 21.3. The predicted molar refractivity (Wildman–Crippen MR) is 108 cm³/mol. The highest BCUT2D eigenvalue weighted by atomic mass is 16.7. The molecule has 0 aliphatic heterocycles. The molecule has 0 unspecified atom stereocenters. The summed E-state index contributed by atoms with van der Waals surface area (Å²) in [7, 11) is 0. The molecule has 0 saturated heterocycles. The van der Waals surface area contributed by atoms with Crippen LogP contribution < -0.4 is 10.1 Å². The number of nitrogens with zero attached hydrogens (tertiary/aromatic N) is 5. The van der Waals surface area contributed by atoms with Gasteiger partial charge in [-0.15, -0.1) is 5.10 Å². The second kappa shape index (κ2) is 11.0. The van der Waals surface area contributed by atoms with Crippen LogP contribution in [-0.2, 0) is 22.6 Å². The Hall–Kier alpha value is -3.37. The van der Waals surface area contributed by atoms with Gasteiger partial charge in [-0.3, -0.25) is 9.78 Å². The second-order valence-corrected chi connectivity index (χ2v) is 6.11. The van der Waals surface area contributed by atoms with Gasteiger partial charge >= 0.3 is 0 Å². The molecule has 0 spiro atoms. The summed E-state index contributed by atoms with van der Waals surface area (Å²) in [6, 6.07) is 7.17. The molecule has 10 nitrogen and oxygen atoms in total. The van der Waals surface area contributed by atoms with Gasteiger partial charge in [-0.1, -0.05) is 5.21 Å². The molecule has 3 heterocycles. The molecular weight excluding hydrogens is 388 g/mol. The van der Waals surface area contributed by atoms with E-state index in [0.717, 1.165) is 5.56 Å². The number of carbonyl (C=O) groups is 1. The molecule has 0 aromatic carbocycles. The number of hydrogen-bond donors (Lipinski definition) is 1. The normalized spacial score (nSPS) is 10.9. The van der Waals surface area contributed by atoms with Crippen LogP contribution in [0.4, 0.5) is 5.82 Å². The molecular formula is C20H24N6O4. The van der Waals surface area contributed by atoms with Crippen LogP contribution in [0.3, 0.4) is 0 Å². The van der Waals surface area contributed by atoms with Crippen molar-refractivity contribution in [2.45, 2.75) is 33.3 Å². The summed E-state index contributed by atoms with van der Waals surface area (Å²) >= 11 is 0. The van der Waals surface area contributed by atoms with Crippen molar-refractivity contribution in [3.05, 3.63) is 60.3 Å². The van der Waals surface area contributed by atoms with Gasteiger partial charge in [-0.05, 0) is 43.7 Å². The van der Waals surface area contributed by atoms with Gasteiger partial charge < -0.3 is 19.5 Å². The minimum absolute atomic E-state index is 0.146. The van der Waals surface area contributed by atoms with Crippen molar-refractivity contribution in [3.63, 3.8) is 0 Å². The van der Waals surface area contributed by atoms with E-state index in [4.69, 9.17) is 14.2 Å². The summed E-state index contributed by atoms with van der Waals surface area (Å²) in [6.07, 6.45) is 6.02. The topological polar surface area (TPSA) is 113 Å². The summed E-state index contributed by atoms with van der Waals surface area (Å²) < 4.78 is 18.3. The Morgan fingerprint density at radius 2 is 1.90 bits per heavy atom. The highest BCUT2D eigenvalue weighted by Crippen LogP contribution is 2.22. The molecule has 0 saturated carbocycles. The average molecular weight is 412 g/mol. The maximum absolute atomic E-state index is 12.6. The van der Waals surface area contributed by atoms with Crippen LogP contribution in [0, 0.1) is 0 Å². The number of pyridine rings is 2. The minimum Gasteiger partial charge on any atom is -0.485 e. The minimum atomic E-state index is -0.457. The van der Waals surface area contributed by atoms with Gasteiger partial charge in [0.05, 0.1) is 12.7 Å². The quantitative estimate of drug-likeness (QED) is 0.477. The number of carbonyl (C=O) groups excluding carboxylic acids is 1. The summed E-state index contributed by atoms with van der Waals surface area (Å²) in [5.74, 6) is 0.300. The number of ether oxygens (including phenoxy) is 3. The van der Waals surface area contributed by atoms with Gasteiger partial charge in [-0.25, -0.2) is 9.67 Å². The van der Waals surface area contributed by atoms with Crippen molar-refractivity contribution in [3.8, 4) is 5.75 Å². The first-order valence-electron chi connectivity index (χ1n) is 9.61. The number of nitrogens with one attached hydrogen (secondary N) is 1. The molecule has 0 bridgehead atoms. The monoisotopic (exact) mass is 412 g/mol. The standard InChI is InChI=1S/C20H24N6O4/c1-3-28-18(29-4-2)13-26-12-16(24-25-26)20(27)23-19-17(6-5-9-22-19)30-14-15-7-10-21-11-8-15/h5-12,18H,3-4,13-14H2,1-2H3,(H,22,23,27). The van der Waals surface area contributed by atoms with Crippen molar-refractivity contribution < 1.29 is 19.0 Å². The molecule has 0 fully saturated rings. The number of anilines is 1. The van der Waals surface area contributed by atoms with Gasteiger partial charge in [0, 0.05) is 31.8 Å². The average Bonchev–Trinajstić information content (AvgIpc) is 3.23. The Labute approximate surface area is 174 Å². The number of rotatable bonds is 11. The molecule has 10 heteroatoms. The van der Waals surface area contributed by atoms with Crippen molar-refractivity contribution in [1.82, 2.24) is 25.0 Å². The number of aromatic nitrogens is 5. The molecule has 3 aromatic heterocycles. The lowest BCUT2D eigenvalue weighted by atomic mass is 10.3. The van der Waals surface area contributed by atoms with Gasteiger partial charge in [0.25, 0.3) is 5.91 Å². The van der Waals surface area contributed by atoms with Gasteiger partial charge in [0.2, 0.25) is 0 Å². The van der Waals surface area contributed by atoms with Crippen LogP contribution >= 0.6 is 0 Å². The van der Waals surface area contributed by atoms with E-state index in [-0.39, 0.29) is 5.69 Å². The van der Waals surface area contributed by atoms with Crippen LogP contribution in [0.1, 0.15) is 29.9 Å². The lowest BCUT2D eigenvalue weighted by Gasteiger charge is -2.16. The van der Waals surface area contributed by atoms with Crippen LogP contribution in [0.15, 0.2) is 49.1 Å². The van der Waals surface area contributed by atoms with E-state index < -0.39 is 12.2 Å². The zero-order valence-electron chi connectivity index (χ0n) is 16.9. The lowest BCUT2D eigenvalue weighted by Crippen LogP contribution is -2.24. The Balaban J connectivity index is 1.63. The predicted octanol–water partition coefficient (Wildman–Crippen LogP) is 2.30. The smallest absolute Gasteiger partial charge is 0.279 e. The SMILES string of the molecule is CCOC(Cn1cc(C(=O)Nc2ncccc2OCc2ccncc2)nn1)OCC. The van der Waals surface area contributed by atoms with E-state index in [1.165, 1.54) is 10.9 Å². The van der Waals surface area contributed by atoms with E-state index >= 15 is 0 Å². The van der Waals surface area contributed by atoms with Gasteiger partial charge in [-0.2, -0.15) is 0 Å². The maximum atomic E-state index is 12.6. The maximum Gasteiger partial charge on any atom is 0.279 e. The molecule has 158 valence electrons. The van der Waals surface area contributed by atoms with Crippen LogP contribution in [-0.4, -0.2) is 50.4 Å². The Bertz CT molecular complexity index is 928. The largest absolute Gasteiger partial charge is 0.485 e. The molecule has 30 heavy (non-hydrogen) atoms. The number of hydrogen-bond acceptors (Lipinski definition) is 8. The molecule has 0 aliphatic rings. The van der Waals surface area contributed by atoms with E-state index in [1.807, 2.05) is 26.0 Å². The third-order valence-corrected chi connectivity index (χ3v) is 3.96. The van der Waals surface area contributed by atoms with Crippen LogP contribution in [0.5, 0.6) is 5.75 Å². The van der Waals surface area contributed by atoms with Crippen LogP contribution in [0.2, 0.25) is 0 Å². The fourth-order valence-corrected chi connectivity index (χ4v) is 2.58. The van der Waals surface area contributed by atoms with E-state index in [0.29, 0.717) is 37.9 Å². The summed E-state index contributed by atoms with van der Waals surface area (Å²) in [4.78, 5) is 20.8. The third-order valence-electron chi connectivity index (χ3n) is 3.96. The molecule has 0 radical (unpaired) electrons. The van der Waals surface area contributed by atoms with E-state index in [2.05, 4.69) is 25.6 Å². The Morgan fingerprint density at radius 3 is 2.63 bits per heavy atom. The Morgan fingerprint density at radius 1 is 1.13 bits per heavy atom. The summed E-state index contributed by atoms with van der Waals surface area (Å²) in [5.41, 5.74) is 1.10. The fraction of sp³-hybridized carbons (Fsp3) is 0.350. The zero-order valence-corrected chi connectivity index (χ0v) is 16.9. The van der Waals surface area contributed by atoms with E-state index in [9.17, 15) is 4.79 Å². The summed E-state index contributed by atoms with van der Waals surface area (Å²) in [6.45, 7) is 5.43. The van der Waals surface area contributed by atoms with Crippen molar-refractivity contribution in [1.29, 1.82) is 0 Å².